The van der Waals surface area contributed by atoms with Crippen LogP contribution in [0.15, 0.2) is 23.1 Å². The third-order valence-electron chi connectivity index (χ3n) is 4.41. The first kappa shape index (κ1) is 18.7. The van der Waals surface area contributed by atoms with E-state index in [4.69, 9.17) is 0 Å². The fraction of sp³-hybridized carbons (Fsp3) is 0.625. The molecule has 1 aromatic carbocycles. The van der Waals surface area contributed by atoms with Gasteiger partial charge >= 0.3 is 5.69 Å². The number of anilines is 1. The summed E-state index contributed by atoms with van der Waals surface area (Å²) >= 11 is 0. The molecule has 0 spiro atoms. The van der Waals surface area contributed by atoms with Crippen molar-refractivity contribution in [2.24, 2.45) is 5.92 Å². The van der Waals surface area contributed by atoms with Crippen molar-refractivity contribution in [3.8, 4) is 0 Å². The van der Waals surface area contributed by atoms with Crippen molar-refractivity contribution in [2.75, 3.05) is 32.2 Å². The van der Waals surface area contributed by atoms with Crippen LogP contribution in [0.5, 0.6) is 0 Å². The monoisotopic (exact) mass is 355 g/mol. The first-order valence-electron chi connectivity index (χ1n) is 8.07. The normalized spacial score (nSPS) is 21.7. The molecule has 0 heterocycles. The van der Waals surface area contributed by atoms with E-state index < -0.39 is 14.8 Å². The first-order valence-corrected chi connectivity index (χ1v) is 9.96. The van der Waals surface area contributed by atoms with E-state index in [1.165, 1.54) is 6.07 Å². The maximum absolute atomic E-state index is 11.8. The molecule has 24 heavy (non-hydrogen) atoms. The fourth-order valence-corrected chi connectivity index (χ4v) is 4.21. The average molecular weight is 355 g/mol. The van der Waals surface area contributed by atoms with Gasteiger partial charge in [-0.2, -0.15) is 0 Å². The minimum Gasteiger partial charge on any atom is -0.377 e. The number of rotatable bonds is 6. The number of hydrogen-bond donors (Lipinski definition) is 1. The van der Waals surface area contributed by atoms with E-state index in [-0.39, 0.29) is 16.6 Å². The van der Waals surface area contributed by atoms with E-state index in [2.05, 4.69) is 24.3 Å². The van der Waals surface area contributed by atoms with Crippen LogP contribution in [0.25, 0.3) is 0 Å². The van der Waals surface area contributed by atoms with Crippen LogP contribution < -0.4 is 5.32 Å². The predicted molar refractivity (Wildman–Crippen MR) is 94.1 cm³/mol. The molecule has 0 atom stereocenters. The van der Waals surface area contributed by atoms with Gasteiger partial charge in [-0.25, -0.2) is 8.42 Å². The summed E-state index contributed by atoms with van der Waals surface area (Å²) in [5.74, 6) is 0.649. The van der Waals surface area contributed by atoms with Crippen molar-refractivity contribution in [3.05, 3.63) is 28.3 Å². The molecule has 134 valence electrons. The third-order valence-corrected chi connectivity index (χ3v) is 5.54. The summed E-state index contributed by atoms with van der Waals surface area (Å²) in [6.07, 6.45) is 4.98. The molecule has 0 aliphatic heterocycles. The van der Waals surface area contributed by atoms with Gasteiger partial charge in [0.1, 0.15) is 10.6 Å². The minimum absolute atomic E-state index is 0.136. The third kappa shape index (κ3) is 4.67. The highest BCUT2D eigenvalue weighted by Crippen LogP contribution is 2.34. The second-order valence-electron chi connectivity index (χ2n) is 6.81. The number of hydrogen-bond acceptors (Lipinski definition) is 6. The molecule has 0 saturated heterocycles. The van der Waals surface area contributed by atoms with E-state index in [0.717, 1.165) is 38.5 Å². The molecule has 0 bridgehead atoms. The van der Waals surface area contributed by atoms with Crippen LogP contribution in [-0.2, 0) is 9.84 Å². The molecule has 8 heteroatoms. The topological polar surface area (TPSA) is 92.6 Å². The van der Waals surface area contributed by atoms with Gasteiger partial charge in [0.05, 0.1) is 4.92 Å². The summed E-state index contributed by atoms with van der Waals surface area (Å²) in [6, 6.07) is 4.55. The number of para-hydroxylation sites is 1. The molecular weight excluding hydrogens is 330 g/mol. The number of nitro benzene ring substituents is 1. The van der Waals surface area contributed by atoms with Crippen LogP contribution in [0.4, 0.5) is 11.4 Å². The maximum Gasteiger partial charge on any atom is 0.310 e. The van der Waals surface area contributed by atoms with E-state index in [1.54, 1.807) is 12.1 Å². The van der Waals surface area contributed by atoms with Gasteiger partial charge in [0, 0.05) is 18.8 Å². The van der Waals surface area contributed by atoms with Gasteiger partial charge in [0.25, 0.3) is 0 Å². The molecule has 0 radical (unpaired) electrons. The van der Waals surface area contributed by atoms with Gasteiger partial charge in [-0.1, -0.05) is 6.07 Å². The van der Waals surface area contributed by atoms with E-state index >= 15 is 0 Å². The Bertz CT molecular complexity index is 695. The first-order chi connectivity index (χ1) is 11.2. The fourth-order valence-electron chi connectivity index (χ4n) is 3.35. The van der Waals surface area contributed by atoms with Crippen molar-refractivity contribution in [1.29, 1.82) is 0 Å². The maximum atomic E-state index is 11.8. The van der Waals surface area contributed by atoms with Crippen LogP contribution >= 0.6 is 0 Å². The molecular formula is C16H25N3O4S. The van der Waals surface area contributed by atoms with Crippen molar-refractivity contribution < 1.29 is 13.3 Å². The average Bonchev–Trinajstić information content (AvgIpc) is 2.47. The SMILES string of the molecule is CN(C)CC1CCC(Nc2cccc(S(C)(=O)=O)c2[N+](=O)[O-])CC1. The van der Waals surface area contributed by atoms with Gasteiger partial charge < -0.3 is 10.2 Å². The van der Waals surface area contributed by atoms with Crippen molar-refractivity contribution >= 4 is 21.2 Å². The van der Waals surface area contributed by atoms with Crippen LogP contribution in [0.3, 0.4) is 0 Å². The Kier molecular flexibility index (Phi) is 5.82. The summed E-state index contributed by atoms with van der Waals surface area (Å²) in [5.41, 5.74) is -0.0607. The second-order valence-corrected chi connectivity index (χ2v) is 8.79. The molecule has 0 amide bonds. The zero-order chi connectivity index (χ0) is 17.9. The molecule has 7 nitrogen and oxygen atoms in total. The van der Waals surface area contributed by atoms with Crippen molar-refractivity contribution in [2.45, 2.75) is 36.6 Å². The summed E-state index contributed by atoms with van der Waals surface area (Å²) < 4.78 is 23.6. The summed E-state index contributed by atoms with van der Waals surface area (Å²) in [4.78, 5) is 12.7. The number of nitrogens with zero attached hydrogens (tertiary/aromatic N) is 2. The molecule has 1 fully saturated rings. The number of nitrogens with one attached hydrogen (secondary N) is 1. The molecule has 1 saturated carbocycles. The summed E-state index contributed by atoms with van der Waals surface area (Å²) in [7, 11) is 0.469. The zero-order valence-corrected chi connectivity index (χ0v) is 15.2. The van der Waals surface area contributed by atoms with E-state index in [9.17, 15) is 18.5 Å². The Balaban J connectivity index is 2.15. The number of benzene rings is 1. The van der Waals surface area contributed by atoms with Gasteiger partial charge in [-0.05, 0) is 57.8 Å². The van der Waals surface area contributed by atoms with Crippen LogP contribution in [0, 0.1) is 16.0 Å². The van der Waals surface area contributed by atoms with E-state index in [0.29, 0.717) is 11.6 Å². The Morgan fingerprint density at radius 3 is 2.38 bits per heavy atom. The lowest BCUT2D eigenvalue weighted by atomic mass is 9.85. The Labute approximate surface area is 143 Å². The molecule has 1 aromatic rings. The smallest absolute Gasteiger partial charge is 0.310 e. The van der Waals surface area contributed by atoms with Gasteiger partial charge in [-0.3, -0.25) is 10.1 Å². The minimum atomic E-state index is -3.65. The molecule has 0 aromatic heterocycles. The highest BCUT2D eigenvalue weighted by atomic mass is 32.2. The second kappa shape index (κ2) is 7.48. The quantitative estimate of drug-likeness (QED) is 0.623. The largest absolute Gasteiger partial charge is 0.377 e. The lowest BCUT2D eigenvalue weighted by Gasteiger charge is -2.31. The zero-order valence-electron chi connectivity index (χ0n) is 14.4. The van der Waals surface area contributed by atoms with Crippen molar-refractivity contribution in [1.82, 2.24) is 4.90 Å². The molecule has 1 N–H and O–H groups in total. The lowest BCUT2D eigenvalue weighted by Crippen LogP contribution is -2.31. The van der Waals surface area contributed by atoms with Gasteiger partial charge in [0.15, 0.2) is 9.84 Å². The number of sulfone groups is 1. The highest BCUT2D eigenvalue weighted by Gasteiger charge is 2.28. The van der Waals surface area contributed by atoms with Crippen molar-refractivity contribution in [3.63, 3.8) is 0 Å². The standard InChI is InChI=1S/C16H25N3O4S/c1-18(2)11-12-7-9-13(10-8-12)17-14-5-4-6-15(24(3,22)23)16(14)19(20)21/h4-6,12-13,17H,7-11H2,1-3H3. The van der Waals surface area contributed by atoms with Crippen LogP contribution in [0.1, 0.15) is 25.7 Å². The van der Waals surface area contributed by atoms with Crippen LogP contribution in [0.2, 0.25) is 0 Å². The molecule has 0 unspecified atom stereocenters. The summed E-state index contributed by atoms with van der Waals surface area (Å²) in [6.45, 7) is 1.05. The summed E-state index contributed by atoms with van der Waals surface area (Å²) in [5, 5.41) is 14.6. The lowest BCUT2D eigenvalue weighted by molar-refractivity contribution is -0.386. The highest BCUT2D eigenvalue weighted by molar-refractivity contribution is 7.90. The van der Waals surface area contributed by atoms with Gasteiger partial charge in [0.2, 0.25) is 0 Å². The molecule has 1 aliphatic carbocycles. The Morgan fingerprint density at radius 1 is 1.25 bits per heavy atom. The Hall–Kier alpha value is -1.67. The molecule has 1 aliphatic rings. The van der Waals surface area contributed by atoms with Crippen LogP contribution in [-0.4, -0.2) is 51.2 Å². The molecule has 2 rings (SSSR count). The van der Waals surface area contributed by atoms with Gasteiger partial charge in [-0.15, -0.1) is 0 Å². The number of nitro groups is 1. The Morgan fingerprint density at radius 2 is 1.88 bits per heavy atom. The van der Waals surface area contributed by atoms with E-state index in [1.807, 2.05) is 0 Å². The predicted octanol–water partition coefficient (Wildman–Crippen LogP) is 2.53.